The van der Waals surface area contributed by atoms with E-state index in [0.29, 0.717) is 17.9 Å². The molecule has 0 amide bonds. The van der Waals surface area contributed by atoms with Crippen molar-refractivity contribution in [1.82, 2.24) is 15.0 Å². The van der Waals surface area contributed by atoms with Crippen molar-refractivity contribution in [3.63, 3.8) is 0 Å². The molecular formula is C12H22N6O. The van der Waals surface area contributed by atoms with Crippen molar-refractivity contribution in [3.8, 4) is 6.01 Å². The topological polar surface area (TPSA) is 89.2 Å². The standard InChI is InChI=1S/C12H22N6O/c1-18(9-7-5-3-4-6-8-9)11-14-10(17-13)15-12(16-11)19-2/h9H,3-8,13H2,1-2H3,(H,14,15,16,17). The van der Waals surface area contributed by atoms with E-state index in [4.69, 9.17) is 10.6 Å². The number of aromatic nitrogens is 3. The minimum atomic E-state index is 0.276. The molecule has 7 nitrogen and oxygen atoms in total. The van der Waals surface area contributed by atoms with Crippen molar-refractivity contribution in [3.05, 3.63) is 0 Å². The Balaban J connectivity index is 2.18. The summed E-state index contributed by atoms with van der Waals surface area (Å²) in [6, 6.07) is 0.749. The zero-order chi connectivity index (χ0) is 13.7. The van der Waals surface area contributed by atoms with Gasteiger partial charge in [-0.15, -0.1) is 0 Å². The Morgan fingerprint density at radius 2 is 1.84 bits per heavy atom. The second-order valence-electron chi connectivity index (χ2n) is 4.85. The van der Waals surface area contributed by atoms with E-state index in [9.17, 15) is 0 Å². The van der Waals surface area contributed by atoms with Gasteiger partial charge in [0, 0.05) is 13.1 Å². The van der Waals surface area contributed by atoms with Gasteiger partial charge < -0.3 is 9.64 Å². The average Bonchev–Trinajstić information content (AvgIpc) is 2.74. The van der Waals surface area contributed by atoms with Crippen LogP contribution in [-0.4, -0.2) is 35.2 Å². The fraction of sp³-hybridized carbons (Fsp3) is 0.750. The summed E-state index contributed by atoms with van der Waals surface area (Å²) in [7, 11) is 3.55. The molecule has 1 fully saturated rings. The number of nitrogens with zero attached hydrogens (tertiary/aromatic N) is 4. The van der Waals surface area contributed by atoms with E-state index in [2.05, 4.69) is 25.3 Å². The first-order chi connectivity index (χ1) is 9.24. The SMILES string of the molecule is COc1nc(NN)nc(N(C)C2CCCCCC2)n1. The molecule has 1 aliphatic carbocycles. The van der Waals surface area contributed by atoms with Gasteiger partial charge in [0.25, 0.3) is 0 Å². The predicted molar refractivity (Wildman–Crippen MR) is 74.1 cm³/mol. The minimum Gasteiger partial charge on any atom is -0.467 e. The average molecular weight is 266 g/mol. The Labute approximate surface area is 113 Å². The number of hydrogen-bond acceptors (Lipinski definition) is 7. The first-order valence-corrected chi connectivity index (χ1v) is 6.74. The zero-order valence-corrected chi connectivity index (χ0v) is 11.6. The monoisotopic (exact) mass is 266 g/mol. The van der Waals surface area contributed by atoms with E-state index >= 15 is 0 Å². The molecule has 7 heteroatoms. The van der Waals surface area contributed by atoms with Gasteiger partial charge in [0.05, 0.1) is 7.11 Å². The molecule has 2 rings (SSSR count). The Hall–Kier alpha value is -1.63. The third-order valence-corrected chi connectivity index (χ3v) is 3.60. The van der Waals surface area contributed by atoms with Gasteiger partial charge in [-0.05, 0) is 12.8 Å². The van der Waals surface area contributed by atoms with Crippen LogP contribution >= 0.6 is 0 Å². The van der Waals surface area contributed by atoms with Crippen molar-refractivity contribution in [1.29, 1.82) is 0 Å². The Morgan fingerprint density at radius 3 is 2.42 bits per heavy atom. The molecule has 0 unspecified atom stereocenters. The van der Waals surface area contributed by atoms with Crippen LogP contribution in [-0.2, 0) is 0 Å². The Morgan fingerprint density at radius 1 is 1.16 bits per heavy atom. The lowest BCUT2D eigenvalue weighted by atomic mass is 10.1. The van der Waals surface area contributed by atoms with Gasteiger partial charge in [-0.2, -0.15) is 15.0 Å². The van der Waals surface area contributed by atoms with E-state index in [1.165, 1.54) is 45.6 Å². The molecule has 0 bridgehead atoms. The molecule has 1 aromatic heterocycles. The number of hydrazine groups is 1. The number of methoxy groups -OCH3 is 1. The van der Waals surface area contributed by atoms with Crippen LogP contribution in [0.3, 0.4) is 0 Å². The summed E-state index contributed by atoms with van der Waals surface area (Å²) in [6.45, 7) is 0. The maximum absolute atomic E-state index is 5.37. The number of ether oxygens (including phenoxy) is 1. The summed E-state index contributed by atoms with van der Waals surface area (Å²) >= 11 is 0. The highest BCUT2D eigenvalue weighted by molar-refractivity contribution is 5.38. The number of anilines is 2. The first kappa shape index (κ1) is 13.8. The summed E-state index contributed by atoms with van der Waals surface area (Å²) in [5.41, 5.74) is 2.44. The molecule has 0 aliphatic heterocycles. The van der Waals surface area contributed by atoms with Crippen LogP contribution in [0.15, 0.2) is 0 Å². The summed E-state index contributed by atoms with van der Waals surface area (Å²) in [6.07, 6.45) is 7.52. The van der Waals surface area contributed by atoms with Crippen LogP contribution in [0, 0.1) is 0 Å². The quantitative estimate of drug-likeness (QED) is 0.482. The zero-order valence-electron chi connectivity index (χ0n) is 11.6. The van der Waals surface area contributed by atoms with Crippen LogP contribution in [0.25, 0.3) is 0 Å². The van der Waals surface area contributed by atoms with Gasteiger partial charge in [-0.1, -0.05) is 25.7 Å². The second kappa shape index (κ2) is 6.51. The van der Waals surface area contributed by atoms with Gasteiger partial charge in [0.2, 0.25) is 11.9 Å². The maximum atomic E-state index is 5.37. The molecule has 1 heterocycles. The molecular weight excluding hydrogens is 244 g/mol. The molecule has 0 saturated heterocycles. The van der Waals surface area contributed by atoms with Crippen molar-refractivity contribution in [2.75, 3.05) is 24.5 Å². The molecule has 0 atom stereocenters. The molecule has 0 spiro atoms. The van der Waals surface area contributed by atoms with Crippen molar-refractivity contribution in [2.45, 2.75) is 44.6 Å². The summed E-state index contributed by atoms with van der Waals surface area (Å²) < 4.78 is 5.08. The van der Waals surface area contributed by atoms with Gasteiger partial charge in [-0.3, -0.25) is 5.43 Å². The molecule has 1 saturated carbocycles. The van der Waals surface area contributed by atoms with Crippen LogP contribution in [0.4, 0.5) is 11.9 Å². The number of nitrogens with two attached hydrogens (primary N) is 1. The van der Waals surface area contributed by atoms with E-state index in [1.807, 2.05) is 7.05 Å². The summed E-state index contributed by atoms with van der Waals surface area (Å²) in [4.78, 5) is 14.7. The maximum Gasteiger partial charge on any atom is 0.322 e. The van der Waals surface area contributed by atoms with E-state index in [1.54, 1.807) is 0 Å². The van der Waals surface area contributed by atoms with Crippen molar-refractivity contribution < 1.29 is 4.74 Å². The first-order valence-electron chi connectivity index (χ1n) is 6.74. The van der Waals surface area contributed by atoms with Gasteiger partial charge >= 0.3 is 6.01 Å². The number of rotatable bonds is 4. The van der Waals surface area contributed by atoms with Crippen LogP contribution < -0.4 is 20.9 Å². The number of hydrogen-bond donors (Lipinski definition) is 2. The smallest absolute Gasteiger partial charge is 0.322 e. The molecule has 106 valence electrons. The third kappa shape index (κ3) is 3.44. The molecule has 0 radical (unpaired) electrons. The molecule has 0 aromatic carbocycles. The van der Waals surface area contributed by atoms with Crippen molar-refractivity contribution >= 4 is 11.9 Å². The number of nitrogen functional groups attached to an aromatic ring is 1. The predicted octanol–water partition coefficient (Wildman–Crippen LogP) is 1.32. The highest BCUT2D eigenvalue weighted by atomic mass is 16.5. The second-order valence-corrected chi connectivity index (χ2v) is 4.85. The highest BCUT2D eigenvalue weighted by Gasteiger charge is 2.20. The van der Waals surface area contributed by atoms with Crippen LogP contribution in [0.5, 0.6) is 6.01 Å². The molecule has 1 aromatic rings. The van der Waals surface area contributed by atoms with Gasteiger partial charge in [0.15, 0.2) is 0 Å². The van der Waals surface area contributed by atoms with Crippen LogP contribution in [0.2, 0.25) is 0 Å². The van der Waals surface area contributed by atoms with Gasteiger partial charge in [-0.25, -0.2) is 5.84 Å². The normalized spacial score (nSPS) is 16.8. The lowest BCUT2D eigenvalue weighted by Gasteiger charge is -2.27. The molecule has 19 heavy (non-hydrogen) atoms. The lowest BCUT2D eigenvalue weighted by Crippen LogP contribution is -2.33. The largest absolute Gasteiger partial charge is 0.467 e. The van der Waals surface area contributed by atoms with E-state index < -0.39 is 0 Å². The Bertz CT molecular complexity index is 383. The van der Waals surface area contributed by atoms with Crippen LogP contribution in [0.1, 0.15) is 38.5 Å². The summed E-state index contributed by atoms with van der Waals surface area (Å²) in [5, 5.41) is 0. The third-order valence-electron chi connectivity index (χ3n) is 3.60. The summed E-state index contributed by atoms with van der Waals surface area (Å²) in [5.74, 6) is 6.29. The van der Waals surface area contributed by atoms with E-state index in [0.717, 1.165) is 0 Å². The fourth-order valence-corrected chi connectivity index (χ4v) is 2.47. The fourth-order valence-electron chi connectivity index (χ4n) is 2.47. The molecule has 1 aliphatic rings. The lowest BCUT2D eigenvalue weighted by molar-refractivity contribution is 0.378. The highest BCUT2D eigenvalue weighted by Crippen LogP contribution is 2.24. The minimum absolute atomic E-state index is 0.276. The Kier molecular flexibility index (Phi) is 4.73. The molecule has 3 N–H and O–H groups in total. The number of nitrogens with one attached hydrogen (secondary N) is 1. The van der Waals surface area contributed by atoms with Gasteiger partial charge in [0.1, 0.15) is 0 Å². The van der Waals surface area contributed by atoms with Crippen molar-refractivity contribution in [2.24, 2.45) is 5.84 Å². The van der Waals surface area contributed by atoms with E-state index in [-0.39, 0.29) is 6.01 Å².